The fraction of sp³-hybridized carbons (Fsp3) is 0.348. The standard InChI is InChI=1S/C23H23ClFN3O3/c1-23(21(30)28(22(31)26-23)14-15-5-7-19(25)8-6-15)17-9-11-27(12-10-17)20(29)16-3-2-4-18(24)13-16/h2-8,13,17H,9-12,14H2,1H3,(H,26,31)/t23-/m1/s1. The van der Waals surface area contributed by atoms with E-state index in [-0.39, 0.29) is 30.1 Å². The Hall–Kier alpha value is -2.93. The summed E-state index contributed by atoms with van der Waals surface area (Å²) in [4.78, 5) is 41.4. The van der Waals surface area contributed by atoms with Crippen LogP contribution in [0.4, 0.5) is 9.18 Å². The Morgan fingerprint density at radius 2 is 1.84 bits per heavy atom. The van der Waals surface area contributed by atoms with Crippen LogP contribution >= 0.6 is 11.6 Å². The SMILES string of the molecule is C[C@]1(C2CCN(C(=O)c3cccc(Cl)c3)CC2)NC(=O)N(Cc2ccc(F)cc2)C1=O. The molecule has 2 aromatic carbocycles. The van der Waals surface area contributed by atoms with Gasteiger partial charge in [-0.05, 0) is 61.6 Å². The van der Waals surface area contributed by atoms with E-state index < -0.39 is 11.6 Å². The number of amides is 4. The molecular weight excluding hydrogens is 421 g/mol. The summed E-state index contributed by atoms with van der Waals surface area (Å²) in [6.45, 7) is 2.82. The van der Waals surface area contributed by atoms with Gasteiger partial charge in [-0.3, -0.25) is 14.5 Å². The van der Waals surface area contributed by atoms with Crippen LogP contribution < -0.4 is 5.32 Å². The van der Waals surface area contributed by atoms with Crippen LogP contribution in [-0.2, 0) is 11.3 Å². The van der Waals surface area contributed by atoms with Gasteiger partial charge in [0, 0.05) is 23.7 Å². The lowest BCUT2D eigenvalue weighted by Gasteiger charge is -2.39. The molecule has 0 unspecified atom stereocenters. The molecule has 2 aliphatic heterocycles. The maximum Gasteiger partial charge on any atom is 0.325 e. The van der Waals surface area contributed by atoms with E-state index in [1.807, 2.05) is 0 Å². The number of benzene rings is 2. The Labute approximate surface area is 185 Å². The predicted octanol–water partition coefficient (Wildman–Crippen LogP) is 3.84. The average molecular weight is 444 g/mol. The number of nitrogens with one attached hydrogen (secondary N) is 1. The highest BCUT2D eigenvalue weighted by Gasteiger charge is 2.52. The third-order valence-electron chi connectivity index (χ3n) is 6.23. The summed E-state index contributed by atoms with van der Waals surface area (Å²) in [5, 5.41) is 3.37. The number of carbonyl (C=O) groups is 3. The number of hydrogen-bond acceptors (Lipinski definition) is 3. The molecule has 1 N–H and O–H groups in total. The number of nitrogens with zero attached hydrogens (tertiary/aromatic N) is 2. The van der Waals surface area contributed by atoms with E-state index >= 15 is 0 Å². The van der Waals surface area contributed by atoms with Gasteiger partial charge in [0.2, 0.25) is 0 Å². The minimum Gasteiger partial charge on any atom is -0.339 e. The van der Waals surface area contributed by atoms with Crippen LogP contribution in [0.15, 0.2) is 48.5 Å². The van der Waals surface area contributed by atoms with Gasteiger partial charge in [0.1, 0.15) is 11.4 Å². The van der Waals surface area contributed by atoms with E-state index in [2.05, 4.69) is 5.32 Å². The van der Waals surface area contributed by atoms with Crippen molar-refractivity contribution in [3.8, 4) is 0 Å². The highest BCUT2D eigenvalue weighted by atomic mass is 35.5. The zero-order chi connectivity index (χ0) is 22.2. The molecule has 1 atom stereocenters. The van der Waals surface area contributed by atoms with Crippen LogP contribution in [0, 0.1) is 11.7 Å². The monoisotopic (exact) mass is 443 g/mol. The lowest BCUT2D eigenvalue weighted by Crippen LogP contribution is -2.54. The Morgan fingerprint density at radius 1 is 1.16 bits per heavy atom. The summed E-state index contributed by atoms with van der Waals surface area (Å²) < 4.78 is 13.1. The van der Waals surface area contributed by atoms with E-state index in [9.17, 15) is 18.8 Å². The zero-order valence-corrected chi connectivity index (χ0v) is 17.9. The lowest BCUT2D eigenvalue weighted by molar-refractivity contribution is -0.133. The summed E-state index contributed by atoms with van der Waals surface area (Å²) in [6, 6.07) is 12.1. The van der Waals surface area contributed by atoms with E-state index in [0.717, 1.165) is 0 Å². The highest BCUT2D eigenvalue weighted by Crippen LogP contribution is 2.34. The molecule has 2 saturated heterocycles. The van der Waals surface area contributed by atoms with Crippen molar-refractivity contribution >= 4 is 29.4 Å². The van der Waals surface area contributed by atoms with Crippen molar-refractivity contribution < 1.29 is 18.8 Å². The molecule has 2 aromatic rings. The molecular formula is C23H23ClFN3O3. The van der Waals surface area contributed by atoms with Crippen LogP contribution in [0.2, 0.25) is 5.02 Å². The Kier molecular flexibility index (Phi) is 5.71. The van der Waals surface area contributed by atoms with Crippen LogP contribution in [0.25, 0.3) is 0 Å². The number of urea groups is 1. The molecule has 162 valence electrons. The van der Waals surface area contributed by atoms with Gasteiger partial charge in [-0.2, -0.15) is 0 Å². The van der Waals surface area contributed by atoms with Crippen LogP contribution in [0.1, 0.15) is 35.7 Å². The van der Waals surface area contributed by atoms with Crippen molar-refractivity contribution in [1.29, 1.82) is 0 Å². The Balaban J connectivity index is 1.42. The van der Waals surface area contributed by atoms with Crippen molar-refractivity contribution in [3.05, 3.63) is 70.5 Å². The first-order valence-corrected chi connectivity index (χ1v) is 10.6. The van der Waals surface area contributed by atoms with Gasteiger partial charge in [0.25, 0.3) is 11.8 Å². The topological polar surface area (TPSA) is 69.7 Å². The normalized spacial score (nSPS) is 22.0. The maximum atomic E-state index is 13.2. The minimum absolute atomic E-state index is 0.0899. The summed E-state index contributed by atoms with van der Waals surface area (Å²) in [5.41, 5.74) is 0.187. The number of likely N-dealkylation sites (tertiary alicyclic amines) is 1. The van der Waals surface area contributed by atoms with Crippen molar-refractivity contribution in [2.75, 3.05) is 13.1 Å². The minimum atomic E-state index is -1.03. The third kappa shape index (κ3) is 4.14. The van der Waals surface area contributed by atoms with Crippen molar-refractivity contribution in [2.45, 2.75) is 31.8 Å². The Bertz CT molecular complexity index is 1020. The number of piperidine rings is 1. The van der Waals surface area contributed by atoms with Crippen molar-refractivity contribution in [1.82, 2.24) is 15.1 Å². The first kappa shape index (κ1) is 21.3. The third-order valence-corrected chi connectivity index (χ3v) is 6.46. The fourth-order valence-electron chi connectivity index (χ4n) is 4.37. The smallest absolute Gasteiger partial charge is 0.325 e. The average Bonchev–Trinajstić information content (AvgIpc) is 2.98. The number of carbonyl (C=O) groups excluding carboxylic acids is 3. The first-order valence-electron chi connectivity index (χ1n) is 10.2. The largest absolute Gasteiger partial charge is 0.339 e. The van der Waals surface area contributed by atoms with Gasteiger partial charge in [-0.1, -0.05) is 29.8 Å². The molecule has 4 rings (SSSR count). The number of halogens is 2. The maximum absolute atomic E-state index is 13.2. The number of hydrogen-bond donors (Lipinski definition) is 1. The van der Waals surface area contributed by atoms with E-state index in [4.69, 9.17) is 11.6 Å². The first-order chi connectivity index (χ1) is 14.8. The molecule has 2 heterocycles. The molecule has 2 aliphatic rings. The fourth-order valence-corrected chi connectivity index (χ4v) is 4.56. The molecule has 0 spiro atoms. The molecule has 31 heavy (non-hydrogen) atoms. The van der Waals surface area contributed by atoms with Crippen molar-refractivity contribution in [2.24, 2.45) is 5.92 Å². The summed E-state index contributed by atoms with van der Waals surface area (Å²) >= 11 is 5.99. The van der Waals surface area contributed by atoms with Gasteiger partial charge in [0.05, 0.1) is 6.54 Å². The van der Waals surface area contributed by atoms with Gasteiger partial charge >= 0.3 is 6.03 Å². The second kappa shape index (κ2) is 8.30. The van der Waals surface area contributed by atoms with Gasteiger partial charge in [-0.25, -0.2) is 9.18 Å². The van der Waals surface area contributed by atoms with Gasteiger partial charge in [0.15, 0.2) is 0 Å². The summed E-state index contributed by atoms with van der Waals surface area (Å²) in [7, 11) is 0. The molecule has 0 bridgehead atoms. The molecule has 6 nitrogen and oxygen atoms in total. The lowest BCUT2D eigenvalue weighted by atomic mass is 9.78. The zero-order valence-electron chi connectivity index (χ0n) is 17.1. The second-order valence-corrected chi connectivity index (χ2v) is 8.66. The molecule has 2 fully saturated rings. The van der Waals surface area contributed by atoms with Crippen LogP contribution in [0.3, 0.4) is 0 Å². The molecule has 4 amide bonds. The molecule has 0 aliphatic carbocycles. The Morgan fingerprint density at radius 3 is 2.48 bits per heavy atom. The summed E-state index contributed by atoms with van der Waals surface area (Å²) in [5.74, 6) is -0.845. The van der Waals surface area contributed by atoms with Gasteiger partial charge < -0.3 is 10.2 Å². The van der Waals surface area contributed by atoms with Crippen LogP contribution in [-0.4, -0.2) is 46.3 Å². The van der Waals surface area contributed by atoms with Crippen LogP contribution in [0.5, 0.6) is 0 Å². The predicted molar refractivity (Wildman–Crippen MR) is 114 cm³/mol. The summed E-state index contributed by atoms with van der Waals surface area (Å²) in [6.07, 6.45) is 1.19. The van der Waals surface area contributed by atoms with Crippen molar-refractivity contribution in [3.63, 3.8) is 0 Å². The molecule has 8 heteroatoms. The number of rotatable bonds is 4. The highest BCUT2D eigenvalue weighted by molar-refractivity contribution is 6.30. The van der Waals surface area contributed by atoms with E-state index in [1.165, 1.54) is 17.0 Å². The quantitative estimate of drug-likeness (QED) is 0.730. The molecule has 0 saturated carbocycles. The molecule has 0 radical (unpaired) electrons. The van der Waals surface area contributed by atoms with E-state index in [1.54, 1.807) is 48.2 Å². The van der Waals surface area contributed by atoms with Gasteiger partial charge in [-0.15, -0.1) is 0 Å². The number of imide groups is 1. The second-order valence-electron chi connectivity index (χ2n) is 8.23. The molecule has 0 aromatic heterocycles. The van der Waals surface area contributed by atoms with E-state index in [0.29, 0.717) is 42.1 Å².